The number of amides is 1. The zero-order valence-electron chi connectivity index (χ0n) is 12.3. The molecule has 0 fully saturated rings. The van der Waals surface area contributed by atoms with Crippen LogP contribution in [0.4, 0.5) is 5.69 Å². The van der Waals surface area contributed by atoms with E-state index in [1.807, 2.05) is 31.2 Å². The number of methoxy groups -OCH3 is 1. The van der Waals surface area contributed by atoms with Crippen LogP contribution in [0.1, 0.15) is 27.0 Å². The van der Waals surface area contributed by atoms with Gasteiger partial charge in [0, 0.05) is 24.9 Å². The summed E-state index contributed by atoms with van der Waals surface area (Å²) >= 11 is 0. The summed E-state index contributed by atoms with van der Waals surface area (Å²) in [5, 5.41) is 3.34. The van der Waals surface area contributed by atoms with Crippen molar-refractivity contribution in [2.45, 2.75) is 20.1 Å². The molecule has 4 heteroatoms. The summed E-state index contributed by atoms with van der Waals surface area (Å²) in [6.07, 6.45) is 0. The Morgan fingerprint density at radius 3 is 2.43 bits per heavy atom. The quantitative estimate of drug-likeness (QED) is 0.857. The predicted octanol–water partition coefficient (Wildman–Crippen LogP) is 2.85. The van der Waals surface area contributed by atoms with E-state index in [0.29, 0.717) is 18.7 Å². The highest BCUT2D eigenvalue weighted by molar-refractivity contribution is 5.95. The zero-order valence-corrected chi connectivity index (χ0v) is 12.3. The van der Waals surface area contributed by atoms with Crippen LogP contribution in [-0.2, 0) is 17.9 Å². The smallest absolute Gasteiger partial charge is 0.249 e. The average molecular weight is 284 g/mol. The van der Waals surface area contributed by atoms with Gasteiger partial charge in [0.25, 0.3) is 0 Å². The van der Waals surface area contributed by atoms with Crippen LogP contribution in [0.5, 0.6) is 0 Å². The molecule has 2 aromatic rings. The summed E-state index contributed by atoms with van der Waals surface area (Å²) in [6.45, 7) is 3.20. The van der Waals surface area contributed by atoms with Crippen molar-refractivity contribution in [3.63, 3.8) is 0 Å². The third-order valence-electron chi connectivity index (χ3n) is 3.42. The second kappa shape index (κ2) is 6.90. The molecule has 3 N–H and O–H groups in total. The monoisotopic (exact) mass is 284 g/mol. The Balaban J connectivity index is 2.06. The van der Waals surface area contributed by atoms with Gasteiger partial charge in [-0.25, -0.2) is 0 Å². The molecule has 2 aromatic carbocycles. The predicted molar refractivity (Wildman–Crippen MR) is 84.2 cm³/mol. The highest BCUT2D eigenvalue weighted by Crippen LogP contribution is 2.19. The molecule has 0 aliphatic heterocycles. The second-order valence-electron chi connectivity index (χ2n) is 4.95. The molecule has 1 amide bonds. The van der Waals surface area contributed by atoms with Crippen LogP contribution in [0, 0.1) is 6.92 Å². The highest BCUT2D eigenvalue weighted by Gasteiger charge is 2.07. The Morgan fingerprint density at radius 2 is 1.81 bits per heavy atom. The maximum absolute atomic E-state index is 11.3. The zero-order chi connectivity index (χ0) is 15.2. The van der Waals surface area contributed by atoms with Gasteiger partial charge in [-0.05, 0) is 35.7 Å². The molecule has 0 aliphatic rings. The molecule has 0 spiro atoms. The summed E-state index contributed by atoms with van der Waals surface area (Å²) < 4.78 is 5.09. The summed E-state index contributed by atoms with van der Waals surface area (Å²) in [6, 6.07) is 13.7. The number of nitrogens with two attached hydrogens (primary N) is 1. The summed E-state index contributed by atoms with van der Waals surface area (Å²) in [5.41, 5.74) is 10.0. The van der Waals surface area contributed by atoms with E-state index in [9.17, 15) is 4.79 Å². The second-order valence-corrected chi connectivity index (χ2v) is 4.95. The minimum Gasteiger partial charge on any atom is -0.381 e. The van der Waals surface area contributed by atoms with Crippen LogP contribution < -0.4 is 11.1 Å². The van der Waals surface area contributed by atoms with Gasteiger partial charge in [0.1, 0.15) is 0 Å². The molecule has 0 atom stereocenters. The number of hydrogen-bond donors (Lipinski definition) is 2. The molecule has 0 unspecified atom stereocenters. The van der Waals surface area contributed by atoms with E-state index in [1.165, 1.54) is 5.56 Å². The molecule has 0 radical (unpaired) electrons. The van der Waals surface area contributed by atoms with E-state index < -0.39 is 5.91 Å². The fourth-order valence-corrected chi connectivity index (χ4v) is 2.21. The summed E-state index contributed by atoms with van der Waals surface area (Å²) in [7, 11) is 1.68. The number of benzene rings is 2. The molecule has 0 bridgehead atoms. The van der Waals surface area contributed by atoms with Gasteiger partial charge in [-0.15, -0.1) is 0 Å². The first-order chi connectivity index (χ1) is 10.1. The Kier molecular flexibility index (Phi) is 4.95. The molecule has 0 aliphatic carbocycles. The van der Waals surface area contributed by atoms with Gasteiger partial charge >= 0.3 is 0 Å². The number of hydrogen-bond acceptors (Lipinski definition) is 3. The van der Waals surface area contributed by atoms with Crippen molar-refractivity contribution in [3.05, 3.63) is 64.7 Å². The molecule has 21 heavy (non-hydrogen) atoms. The van der Waals surface area contributed by atoms with Gasteiger partial charge in [0.2, 0.25) is 5.91 Å². The molecule has 2 rings (SSSR count). The Hall–Kier alpha value is -2.33. The number of anilines is 1. The SMILES string of the molecule is COCc1ccc(CNc2cccc(C(N)=O)c2C)cc1. The van der Waals surface area contributed by atoms with Gasteiger partial charge in [0.15, 0.2) is 0 Å². The van der Waals surface area contributed by atoms with E-state index in [1.54, 1.807) is 13.2 Å². The minimum absolute atomic E-state index is 0.403. The van der Waals surface area contributed by atoms with Gasteiger partial charge in [0.05, 0.1) is 6.61 Å². The lowest BCUT2D eigenvalue weighted by Gasteiger charge is -2.12. The molecule has 4 nitrogen and oxygen atoms in total. The number of nitrogens with one attached hydrogen (secondary N) is 1. The first kappa shape index (κ1) is 15.1. The maximum Gasteiger partial charge on any atom is 0.249 e. The number of carbonyl (C=O) groups is 1. The third kappa shape index (κ3) is 3.83. The minimum atomic E-state index is -0.403. The Morgan fingerprint density at radius 1 is 1.14 bits per heavy atom. The van der Waals surface area contributed by atoms with Crippen LogP contribution in [-0.4, -0.2) is 13.0 Å². The van der Waals surface area contributed by atoms with Crippen molar-refractivity contribution in [2.24, 2.45) is 5.73 Å². The van der Waals surface area contributed by atoms with Crippen molar-refractivity contribution in [1.82, 2.24) is 0 Å². The number of rotatable bonds is 6. The van der Waals surface area contributed by atoms with Crippen molar-refractivity contribution in [2.75, 3.05) is 12.4 Å². The van der Waals surface area contributed by atoms with E-state index in [-0.39, 0.29) is 0 Å². The third-order valence-corrected chi connectivity index (χ3v) is 3.42. The van der Waals surface area contributed by atoms with Crippen molar-refractivity contribution in [3.8, 4) is 0 Å². The molecule has 110 valence electrons. The topological polar surface area (TPSA) is 64.3 Å². The van der Waals surface area contributed by atoms with Crippen LogP contribution in [0.25, 0.3) is 0 Å². The lowest BCUT2D eigenvalue weighted by molar-refractivity contribution is 0.1000. The number of carbonyl (C=O) groups excluding carboxylic acids is 1. The molecular weight excluding hydrogens is 264 g/mol. The average Bonchev–Trinajstić information content (AvgIpc) is 2.48. The fraction of sp³-hybridized carbons (Fsp3) is 0.235. The van der Waals surface area contributed by atoms with Crippen molar-refractivity contribution in [1.29, 1.82) is 0 Å². The molecule has 0 saturated heterocycles. The Bertz CT molecular complexity index is 621. The van der Waals surface area contributed by atoms with E-state index in [2.05, 4.69) is 17.4 Å². The van der Waals surface area contributed by atoms with Crippen LogP contribution >= 0.6 is 0 Å². The maximum atomic E-state index is 11.3. The van der Waals surface area contributed by atoms with E-state index >= 15 is 0 Å². The lowest BCUT2D eigenvalue weighted by atomic mass is 10.1. The van der Waals surface area contributed by atoms with Crippen molar-refractivity contribution < 1.29 is 9.53 Å². The van der Waals surface area contributed by atoms with Gasteiger partial charge < -0.3 is 15.8 Å². The van der Waals surface area contributed by atoms with Gasteiger partial charge in [-0.2, -0.15) is 0 Å². The standard InChI is InChI=1S/C17H20N2O2/c1-12-15(17(18)20)4-3-5-16(12)19-10-13-6-8-14(9-7-13)11-21-2/h3-9,19H,10-11H2,1-2H3,(H2,18,20). The summed E-state index contributed by atoms with van der Waals surface area (Å²) in [5.74, 6) is -0.403. The van der Waals surface area contributed by atoms with E-state index in [4.69, 9.17) is 10.5 Å². The van der Waals surface area contributed by atoms with Crippen LogP contribution in [0.15, 0.2) is 42.5 Å². The van der Waals surface area contributed by atoms with Crippen LogP contribution in [0.2, 0.25) is 0 Å². The molecule has 0 saturated carbocycles. The normalized spacial score (nSPS) is 10.4. The summed E-state index contributed by atoms with van der Waals surface area (Å²) in [4.78, 5) is 11.3. The van der Waals surface area contributed by atoms with E-state index in [0.717, 1.165) is 16.8 Å². The van der Waals surface area contributed by atoms with Crippen molar-refractivity contribution >= 4 is 11.6 Å². The number of ether oxygens (including phenoxy) is 1. The molecule has 0 heterocycles. The highest BCUT2D eigenvalue weighted by atomic mass is 16.5. The lowest BCUT2D eigenvalue weighted by Crippen LogP contribution is -2.13. The first-order valence-corrected chi connectivity index (χ1v) is 6.82. The first-order valence-electron chi connectivity index (χ1n) is 6.82. The van der Waals surface area contributed by atoms with Gasteiger partial charge in [-0.3, -0.25) is 4.79 Å². The molecule has 0 aromatic heterocycles. The largest absolute Gasteiger partial charge is 0.381 e. The van der Waals surface area contributed by atoms with Crippen LogP contribution in [0.3, 0.4) is 0 Å². The fourth-order valence-electron chi connectivity index (χ4n) is 2.21. The Labute approximate surface area is 124 Å². The number of primary amides is 1. The van der Waals surface area contributed by atoms with Gasteiger partial charge in [-0.1, -0.05) is 30.3 Å². The molecular formula is C17H20N2O2.